The van der Waals surface area contributed by atoms with Crippen LogP contribution in [0, 0.1) is 6.92 Å². The average molecular weight is 195 g/mol. The minimum atomic E-state index is 0.194. The van der Waals surface area contributed by atoms with Crippen molar-refractivity contribution in [3.63, 3.8) is 0 Å². The smallest absolute Gasteiger partial charge is 0.108 e. The highest BCUT2D eigenvalue weighted by molar-refractivity contribution is 5.16. The van der Waals surface area contributed by atoms with Gasteiger partial charge in [-0.3, -0.25) is 0 Å². The topological polar surface area (TPSA) is 43.8 Å². The molecule has 0 aromatic carbocycles. The number of aryl methyl sites for hydroxylation is 2. The maximum Gasteiger partial charge on any atom is 0.108 e. The minimum Gasteiger partial charge on any atom is -0.330 e. The van der Waals surface area contributed by atoms with Crippen molar-refractivity contribution in [1.82, 2.24) is 9.55 Å². The molecule has 0 saturated carbocycles. The number of nitrogens with zero attached hydrogens (tertiary/aromatic N) is 2. The molecule has 0 bridgehead atoms. The lowest BCUT2D eigenvalue weighted by Crippen LogP contribution is -2.24. The third-order valence-corrected chi connectivity index (χ3v) is 2.47. The summed E-state index contributed by atoms with van der Waals surface area (Å²) in [6.07, 6.45) is 2.01. The molecule has 0 aliphatic rings. The number of hydrogen-bond acceptors (Lipinski definition) is 2. The normalized spacial score (nSPS) is 13.2. The highest BCUT2D eigenvalue weighted by Crippen LogP contribution is 2.13. The standard InChI is InChI=1S/C11H21N3/c1-5-10-9(4)13-11(6-2)14(10)7-8(3)12/h8H,5-7,12H2,1-4H3. The summed E-state index contributed by atoms with van der Waals surface area (Å²) in [4.78, 5) is 4.56. The summed E-state index contributed by atoms with van der Waals surface area (Å²) in [5.74, 6) is 1.16. The molecule has 2 N–H and O–H groups in total. The first-order valence-electron chi connectivity index (χ1n) is 5.40. The highest BCUT2D eigenvalue weighted by Gasteiger charge is 2.12. The van der Waals surface area contributed by atoms with Gasteiger partial charge in [-0.25, -0.2) is 4.98 Å². The van der Waals surface area contributed by atoms with E-state index >= 15 is 0 Å². The quantitative estimate of drug-likeness (QED) is 0.794. The van der Waals surface area contributed by atoms with Gasteiger partial charge in [-0.1, -0.05) is 13.8 Å². The first kappa shape index (κ1) is 11.2. The molecule has 0 saturated heterocycles. The van der Waals surface area contributed by atoms with Gasteiger partial charge < -0.3 is 10.3 Å². The van der Waals surface area contributed by atoms with Crippen LogP contribution in [0.3, 0.4) is 0 Å². The number of nitrogens with two attached hydrogens (primary N) is 1. The Morgan fingerprint density at radius 3 is 2.43 bits per heavy atom. The molecule has 1 unspecified atom stereocenters. The molecule has 1 atom stereocenters. The van der Waals surface area contributed by atoms with Crippen molar-refractivity contribution in [2.45, 2.75) is 53.1 Å². The lowest BCUT2D eigenvalue weighted by atomic mass is 10.2. The van der Waals surface area contributed by atoms with Crippen LogP contribution in [0.4, 0.5) is 0 Å². The Kier molecular flexibility index (Phi) is 3.69. The number of imidazole rings is 1. The van der Waals surface area contributed by atoms with Crippen molar-refractivity contribution in [2.75, 3.05) is 0 Å². The van der Waals surface area contributed by atoms with E-state index < -0.39 is 0 Å². The summed E-state index contributed by atoms with van der Waals surface area (Å²) in [7, 11) is 0. The van der Waals surface area contributed by atoms with Gasteiger partial charge in [-0.15, -0.1) is 0 Å². The van der Waals surface area contributed by atoms with Crippen LogP contribution in [0.25, 0.3) is 0 Å². The molecule has 0 aliphatic heterocycles. The highest BCUT2D eigenvalue weighted by atomic mass is 15.1. The lowest BCUT2D eigenvalue weighted by Gasteiger charge is -2.12. The fourth-order valence-corrected chi connectivity index (χ4v) is 1.89. The molecule has 14 heavy (non-hydrogen) atoms. The monoisotopic (exact) mass is 195 g/mol. The summed E-state index contributed by atoms with van der Waals surface area (Å²) in [5, 5.41) is 0. The molecule has 0 radical (unpaired) electrons. The fraction of sp³-hybridized carbons (Fsp3) is 0.727. The van der Waals surface area contributed by atoms with Crippen LogP contribution < -0.4 is 5.73 Å². The Hall–Kier alpha value is -0.830. The number of hydrogen-bond donors (Lipinski definition) is 1. The van der Waals surface area contributed by atoms with Gasteiger partial charge in [0.2, 0.25) is 0 Å². The second kappa shape index (κ2) is 4.60. The lowest BCUT2D eigenvalue weighted by molar-refractivity contribution is 0.552. The summed E-state index contributed by atoms with van der Waals surface area (Å²) in [5.41, 5.74) is 8.32. The van der Waals surface area contributed by atoms with Crippen molar-refractivity contribution in [2.24, 2.45) is 5.73 Å². The second-order valence-corrected chi connectivity index (χ2v) is 3.86. The maximum atomic E-state index is 5.83. The first-order valence-corrected chi connectivity index (χ1v) is 5.40. The van der Waals surface area contributed by atoms with Gasteiger partial charge in [0.1, 0.15) is 5.82 Å². The second-order valence-electron chi connectivity index (χ2n) is 3.86. The van der Waals surface area contributed by atoms with Gasteiger partial charge in [0.05, 0.1) is 5.69 Å². The van der Waals surface area contributed by atoms with Gasteiger partial charge in [0, 0.05) is 24.7 Å². The van der Waals surface area contributed by atoms with Crippen LogP contribution in [0.2, 0.25) is 0 Å². The number of rotatable bonds is 4. The van der Waals surface area contributed by atoms with Crippen LogP contribution >= 0.6 is 0 Å². The molecule has 0 amide bonds. The van der Waals surface area contributed by atoms with Crippen molar-refractivity contribution in [3.05, 3.63) is 17.2 Å². The van der Waals surface area contributed by atoms with Gasteiger partial charge in [0.15, 0.2) is 0 Å². The van der Waals surface area contributed by atoms with Gasteiger partial charge in [-0.2, -0.15) is 0 Å². The third-order valence-electron chi connectivity index (χ3n) is 2.47. The van der Waals surface area contributed by atoms with Crippen molar-refractivity contribution < 1.29 is 0 Å². The molecule has 1 aromatic rings. The largest absolute Gasteiger partial charge is 0.330 e. The zero-order valence-electron chi connectivity index (χ0n) is 9.67. The van der Waals surface area contributed by atoms with Crippen molar-refractivity contribution >= 4 is 0 Å². The molecule has 1 aromatic heterocycles. The van der Waals surface area contributed by atoms with Gasteiger partial charge in [-0.05, 0) is 20.3 Å². The van der Waals surface area contributed by atoms with E-state index in [4.69, 9.17) is 5.73 Å². The van der Waals surface area contributed by atoms with Gasteiger partial charge in [0.25, 0.3) is 0 Å². The Balaban J connectivity index is 3.07. The fourth-order valence-electron chi connectivity index (χ4n) is 1.89. The molecule has 0 fully saturated rings. The average Bonchev–Trinajstić information content (AvgIpc) is 2.41. The predicted molar refractivity (Wildman–Crippen MR) is 59.4 cm³/mol. The van der Waals surface area contributed by atoms with E-state index in [9.17, 15) is 0 Å². The molecule has 0 aliphatic carbocycles. The van der Waals surface area contributed by atoms with Crippen LogP contribution in [-0.4, -0.2) is 15.6 Å². The van der Waals surface area contributed by atoms with E-state index in [-0.39, 0.29) is 6.04 Å². The zero-order valence-corrected chi connectivity index (χ0v) is 9.67. The molecule has 80 valence electrons. The van der Waals surface area contributed by atoms with Crippen molar-refractivity contribution in [3.8, 4) is 0 Å². The Morgan fingerprint density at radius 1 is 1.36 bits per heavy atom. The van der Waals surface area contributed by atoms with Crippen LogP contribution in [0.5, 0.6) is 0 Å². The van der Waals surface area contributed by atoms with E-state index in [1.54, 1.807) is 0 Å². The molecule has 0 spiro atoms. The first-order chi connectivity index (χ1) is 6.60. The van der Waals surface area contributed by atoms with Crippen LogP contribution in [-0.2, 0) is 19.4 Å². The zero-order chi connectivity index (χ0) is 10.7. The van der Waals surface area contributed by atoms with Gasteiger partial charge >= 0.3 is 0 Å². The van der Waals surface area contributed by atoms with Crippen LogP contribution in [0.15, 0.2) is 0 Å². The number of aromatic nitrogens is 2. The predicted octanol–water partition coefficient (Wildman–Crippen LogP) is 1.66. The van der Waals surface area contributed by atoms with E-state index in [0.717, 1.165) is 30.9 Å². The Bertz CT molecular complexity index is 300. The Labute approximate surface area is 86.3 Å². The summed E-state index contributed by atoms with van der Waals surface area (Å²) in [6.45, 7) is 9.30. The molecular weight excluding hydrogens is 174 g/mol. The van der Waals surface area contributed by atoms with E-state index in [0.29, 0.717) is 0 Å². The summed E-state index contributed by atoms with van der Waals surface area (Å²) < 4.78 is 2.28. The minimum absolute atomic E-state index is 0.194. The van der Waals surface area contributed by atoms with E-state index in [1.165, 1.54) is 5.69 Å². The Morgan fingerprint density at radius 2 is 2.00 bits per heavy atom. The molecule has 1 heterocycles. The molecular formula is C11H21N3. The molecule has 3 nitrogen and oxygen atoms in total. The maximum absolute atomic E-state index is 5.83. The molecule has 3 heteroatoms. The van der Waals surface area contributed by atoms with E-state index in [2.05, 4.69) is 30.3 Å². The van der Waals surface area contributed by atoms with Crippen molar-refractivity contribution in [1.29, 1.82) is 0 Å². The summed E-state index contributed by atoms with van der Waals surface area (Å²) in [6, 6.07) is 0.194. The SMILES string of the molecule is CCc1nc(C)c(CC)n1CC(C)N. The van der Waals surface area contributed by atoms with E-state index in [1.807, 2.05) is 6.92 Å². The molecule has 1 rings (SSSR count). The van der Waals surface area contributed by atoms with Crippen LogP contribution in [0.1, 0.15) is 38.0 Å². The summed E-state index contributed by atoms with van der Waals surface area (Å²) >= 11 is 0. The third kappa shape index (κ3) is 2.15.